The van der Waals surface area contributed by atoms with Gasteiger partial charge in [-0.05, 0) is 38.3 Å². The molecule has 3 nitrogen and oxygen atoms in total. The van der Waals surface area contributed by atoms with Gasteiger partial charge >= 0.3 is 0 Å². The Hall–Kier alpha value is -1.49. The highest BCUT2D eigenvalue weighted by Gasteiger charge is 2.35. The highest BCUT2D eigenvalue weighted by Crippen LogP contribution is 2.32. The third-order valence-electron chi connectivity index (χ3n) is 3.67. The van der Waals surface area contributed by atoms with Gasteiger partial charge < -0.3 is 11.1 Å². The molecule has 0 spiro atoms. The maximum atomic E-state index is 13.6. The predicted molar refractivity (Wildman–Crippen MR) is 68.3 cm³/mol. The molecule has 104 valence electrons. The van der Waals surface area contributed by atoms with Crippen LogP contribution in [0.25, 0.3) is 0 Å². The molecular formula is C14H18F2N2O. The van der Waals surface area contributed by atoms with Crippen molar-refractivity contribution in [1.29, 1.82) is 0 Å². The summed E-state index contributed by atoms with van der Waals surface area (Å²) in [6, 6.07) is 2.94. The Bertz CT molecular complexity index is 466. The molecule has 0 radical (unpaired) electrons. The number of hydrogen-bond donors (Lipinski definition) is 2. The van der Waals surface area contributed by atoms with Crippen molar-refractivity contribution < 1.29 is 13.6 Å². The third kappa shape index (κ3) is 3.10. The van der Waals surface area contributed by atoms with Gasteiger partial charge in [0.1, 0.15) is 11.6 Å². The molecule has 19 heavy (non-hydrogen) atoms. The van der Waals surface area contributed by atoms with E-state index in [9.17, 15) is 13.6 Å². The Morgan fingerprint density at radius 1 is 1.42 bits per heavy atom. The van der Waals surface area contributed by atoms with Crippen LogP contribution in [0.1, 0.15) is 44.2 Å². The van der Waals surface area contributed by atoms with Gasteiger partial charge in [0, 0.05) is 17.5 Å². The van der Waals surface area contributed by atoms with Crippen LogP contribution in [0.15, 0.2) is 18.2 Å². The quantitative estimate of drug-likeness (QED) is 0.881. The van der Waals surface area contributed by atoms with E-state index in [-0.39, 0.29) is 17.9 Å². The SMILES string of the molecule is CC(NC(=O)CC1(N)CCC1)c1c(F)cccc1F. The molecule has 0 saturated heterocycles. The molecule has 0 bridgehead atoms. The van der Waals surface area contributed by atoms with Gasteiger partial charge in [-0.3, -0.25) is 4.79 Å². The fourth-order valence-corrected chi connectivity index (χ4v) is 2.42. The van der Waals surface area contributed by atoms with Crippen molar-refractivity contribution in [3.63, 3.8) is 0 Å². The van der Waals surface area contributed by atoms with Crippen molar-refractivity contribution in [2.75, 3.05) is 0 Å². The van der Waals surface area contributed by atoms with Crippen LogP contribution in [0.4, 0.5) is 8.78 Å². The highest BCUT2D eigenvalue weighted by atomic mass is 19.1. The first-order valence-corrected chi connectivity index (χ1v) is 6.43. The van der Waals surface area contributed by atoms with Crippen LogP contribution in [0.2, 0.25) is 0 Å². The van der Waals surface area contributed by atoms with Crippen molar-refractivity contribution in [3.05, 3.63) is 35.4 Å². The molecule has 0 aliphatic heterocycles. The van der Waals surface area contributed by atoms with E-state index >= 15 is 0 Å². The molecule has 0 aromatic heterocycles. The van der Waals surface area contributed by atoms with Crippen LogP contribution in [-0.2, 0) is 4.79 Å². The van der Waals surface area contributed by atoms with E-state index in [0.717, 1.165) is 19.3 Å². The van der Waals surface area contributed by atoms with Crippen molar-refractivity contribution >= 4 is 5.91 Å². The Kier molecular flexibility index (Phi) is 3.85. The number of nitrogens with one attached hydrogen (secondary N) is 1. The maximum Gasteiger partial charge on any atom is 0.222 e. The highest BCUT2D eigenvalue weighted by molar-refractivity contribution is 5.77. The smallest absolute Gasteiger partial charge is 0.222 e. The largest absolute Gasteiger partial charge is 0.349 e. The number of nitrogens with two attached hydrogens (primary N) is 1. The van der Waals surface area contributed by atoms with E-state index in [4.69, 9.17) is 5.73 Å². The first-order valence-electron chi connectivity index (χ1n) is 6.43. The fraction of sp³-hybridized carbons (Fsp3) is 0.500. The second-order valence-corrected chi connectivity index (χ2v) is 5.32. The van der Waals surface area contributed by atoms with Crippen molar-refractivity contribution in [2.24, 2.45) is 5.73 Å². The third-order valence-corrected chi connectivity index (χ3v) is 3.67. The molecule has 1 saturated carbocycles. The molecule has 3 N–H and O–H groups in total. The summed E-state index contributed by atoms with van der Waals surface area (Å²) in [5, 5.41) is 2.60. The molecule has 1 aliphatic rings. The number of carbonyl (C=O) groups excluding carboxylic acids is 1. The molecule has 1 fully saturated rings. The van der Waals surface area contributed by atoms with Gasteiger partial charge in [0.25, 0.3) is 0 Å². The molecule has 1 amide bonds. The van der Waals surface area contributed by atoms with Gasteiger partial charge in [0.15, 0.2) is 0 Å². The van der Waals surface area contributed by atoms with Gasteiger partial charge in [0.2, 0.25) is 5.91 Å². The van der Waals surface area contributed by atoms with Crippen LogP contribution in [-0.4, -0.2) is 11.4 Å². The molecule has 1 atom stereocenters. The standard InChI is InChI=1S/C14H18F2N2O/c1-9(13-10(15)4-2-5-11(13)16)18-12(19)8-14(17)6-3-7-14/h2,4-5,9H,3,6-8,17H2,1H3,(H,18,19). The first kappa shape index (κ1) is 13.9. The summed E-state index contributed by atoms with van der Waals surface area (Å²) in [5.74, 6) is -1.57. The van der Waals surface area contributed by atoms with E-state index in [1.165, 1.54) is 18.2 Å². The second kappa shape index (κ2) is 5.25. The van der Waals surface area contributed by atoms with Gasteiger partial charge in [-0.1, -0.05) is 6.07 Å². The Labute approximate surface area is 111 Å². The van der Waals surface area contributed by atoms with Crippen molar-refractivity contribution in [3.8, 4) is 0 Å². The van der Waals surface area contributed by atoms with Crippen LogP contribution < -0.4 is 11.1 Å². The molecule has 0 heterocycles. The van der Waals surface area contributed by atoms with Gasteiger partial charge in [-0.25, -0.2) is 8.78 Å². The average molecular weight is 268 g/mol. The number of amides is 1. The lowest BCUT2D eigenvalue weighted by molar-refractivity contribution is -0.123. The first-order chi connectivity index (χ1) is 8.91. The van der Waals surface area contributed by atoms with E-state index in [2.05, 4.69) is 5.32 Å². The zero-order chi connectivity index (χ0) is 14.0. The minimum atomic E-state index is -0.711. The molecule has 5 heteroatoms. The molecule has 1 unspecified atom stereocenters. The van der Waals surface area contributed by atoms with Crippen molar-refractivity contribution in [2.45, 2.75) is 44.2 Å². The second-order valence-electron chi connectivity index (χ2n) is 5.32. The monoisotopic (exact) mass is 268 g/mol. The lowest BCUT2D eigenvalue weighted by Gasteiger charge is -2.37. The van der Waals surface area contributed by atoms with Crippen LogP contribution >= 0.6 is 0 Å². The van der Waals surface area contributed by atoms with Crippen molar-refractivity contribution in [1.82, 2.24) is 5.32 Å². The van der Waals surface area contributed by atoms with Crippen LogP contribution in [0.3, 0.4) is 0 Å². The lowest BCUT2D eigenvalue weighted by atomic mass is 9.75. The maximum absolute atomic E-state index is 13.6. The van der Waals surface area contributed by atoms with E-state index in [0.29, 0.717) is 0 Å². The summed E-state index contributed by atoms with van der Waals surface area (Å²) in [6.45, 7) is 1.56. The number of rotatable bonds is 4. The Morgan fingerprint density at radius 3 is 2.47 bits per heavy atom. The Balaban J connectivity index is 2.00. The summed E-state index contributed by atoms with van der Waals surface area (Å²) in [7, 11) is 0. The number of hydrogen-bond acceptors (Lipinski definition) is 2. The minimum absolute atomic E-state index is 0.115. The molecular weight excluding hydrogens is 250 g/mol. The van der Waals surface area contributed by atoms with E-state index < -0.39 is 23.2 Å². The normalized spacial score (nSPS) is 18.5. The molecule has 1 aromatic carbocycles. The summed E-state index contributed by atoms with van der Waals surface area (Å²) in [4.78, 5) is 11.8. The number of carbonyl (C=O) groups is 1. The minimum Gasteiger partial charge on any atom is -0.349 e. The number of benzene rings is 1. The Morgan fingerprint density at radius 2 is 2.00 bits per heavy atom. The van der Waals surface area contributed by atoms with Gasteiger partial charge in [-0.2, -0.15) is 0 Å². The average Bonchev–Trinajstić information content (AvgIpc) is 2.26. The molecule has 2 rings (SSSR count). The predicted octanol–water partition coefficient (Wildman–Crippen LogP) is 2.41. The van der Waals surface area contributed by atoms with Crippen LogP contribution in [0.5, 0.6) is 0 Å². The zero-order valence-corrected chi connectivity index (χ0v) is 10.9. The number of halogens is 2. The van der Waals surface area contributed by atoms with Gasteiger partial charge in [-0.15, -0.1) is 0 Å². The molecule has 1 aliphatic carbocycles. The van der Waals surface area contributed by atoms with E-state index in [1.54, 1.807) is 6.92 Å². The zero-order valence-electron chi connectivity index (χ0n) is 10.9. The lowest BCUT2D eigenvalue weighted by Crippen LogP contribution is -2.50. The van der Waals surface area contributed by atoms with E-state index in [1.807, 2.05) is 0 Å². The summed E-state index contributed by atoms with van der Waals surface area (Å²) < 4.78 is 27.1. The summed E-state index contributed by atoms with van der Waals surface area (Å²) >= 11 is 0. The molecule has 1 aromatic rings. The van der Waals surface area contributed by atoms with Gasteiger partial charge in [0.05, 0.1) is 6.04 Å². The fourth-order valence-electron chi connectivity index (χ4n) is 2.42. The topological polar surface area (TPSA) is 55.1 Å². The summed E-state index contributed by atoms with van der Waals surface area (Å²) in [5.41, 5.74) is 5.42. The van der Waals surface area contributed by atoms with Crippen LogP contribution in [0, 0.1) is 11.6 Å². The summed E-state index contributed by atoms with van der Waals surface area (Å²) in [6.07, 6.45) is 2.88.